The number of benzene rings is 2. The minimum absolute atomic E-state index is 0.214. The van der Waals surface area contributed by atoms with Gasteiger partial charge < -0.3 is 14.8 Å². The van der Waals surface area contributed by atoms with Crippen molar-refractivity contribution in [3.63, 3.8) is 0 Å². The molecular weight excluding hydrogens is 365 g/mol. The van der Waals surface area contributed by atoms with Gasteiger partial charge >= 0.3 is 0 Å². The van der Waals surface area contributed by atoms with Gasteiger partial charge in [-0.3, -0.25) is 0 Å². The van der Waals surface area contributed by atoms with E-state index >= 15 is 0 Å². The third-order valence-corrected chi connectivity index (χ3v) is 4.01. The lowest BCUT2D eigenvalue weighted by Crippen LogP contribution is -2.16. The lowest BCUT2D eigenvalue weighted by molar-refractivity contribution is 0.171. The Morgan fingerprint density at radius 3 is 2.45 bits per heavy atom. The summed E-state index contributed by atoms with van der Waals surface area (Å²) in [5.74, 6) is 1.67. The number of anilines is 1. The molecule has 2 aromatic rings. The fourth-order valence-electron chi connectivity index (χ4n) is 2.21. The summed E-state index contributed by atoms with van der Waals surface area (Å²) in [4.78, 5) is 0. The van der Waals surface area contributed by atoms with Gasteiger partial charge in [-0.25, -0.2) is 0 Å². The van der Waals surface area contributed by atoms with Crippen molar-refractivity contribution < 1.29 is 9.47 Å². The summed E-state index contributed by atoms with van der Waals surface area (Å²) in [6.45, 7) is 3.39. The highest BCUT2D eigenvalue weighted by atomic mass is 127. The average molecular weight is 381 g/mol. The van der Waals surface area contributed by atoms with E-state index in [4.69, 9.17) is 9.47 Å². The average Bonchev–Trinajstić information content (AvgIpc) is 2.49. The van der Waals surface area contributed by atoms with E-state index in [0.29, 0.717) is 13.2 Å². The zero-order chi connectivity index (χ0) is 13.9. The van der Waals surface area contributed by atoms with Gasteiger partial charge in [-0.1, -0.05) is 6.07 Å². The van der Waals surface area contributed by atoms with Crippen molar-refractivity contribution in [3.05, 3.63) is 51.6 Å². The molecule has 0 fully saturated rings. The second-order valence-corrected chi connectivity index (χ2v) is 6.02. The maximum absolute atomic E-state index is 5.63. The quantitative estimate of drug-likeness (QED) is 0.808. The van der Waals surface area contributed by atoms with Gasteiger partial charge in [0.2, 0.25) is 0 Å². The van der Waals surface area contributed by atoms with Crippen LogP contribution in [-0.4, -0.2) is 13.2 Å². The number of hydrogen-bond donors (Lipinski definition) is 1. The monoisotopic (exact) mass is 381 g/mol. The SMILES string of the molecule is CC(Nc1ccc(I)cc1)c1ccc2c(c1)OCCO2. The van der Waals surface area contributed by atoms with Crippen LogP contribution in [0, 0.1) is 3.57 Å². The molecule has 1 unspecified atom stereocenters. The summed E-state index contributed by atoms with van der Waals surface area (Å²) >= 11 is 2.31. The largest absolute Gasteiger partial charge is 0.486 e. The molecule has 0 saturated carbocycles. The normalized spacial score (nSPS) is 14.7. The van der Waals surface area contributed by atoms with Crippen LogP contribution in [0.25, 0.3) is 0 Å². The number of halogens is 1. The first kappa shape index (κ1) is 13.5. The summed E-state index contributed by atoms with van der Waals surface area (Å²) in [5.41, 5.74) is 2.31. The molecule has 0 amide bonds. The predicted molar refractivity (Wildman–Crippen MR) is 88.6 cm³/mol. The third kappa shape index (κ3) is 3.00. The Kier molecular flexibility index (Phi) is 4.00. The molecular formula is C16H16INO2. The molecule has 4 heteroatoms. The number of ether oxygens (including phenoxy) is 2. The first-order chi connectivity index (χ1) is 9.72. The summed E-state index contributed by atoms with van der Waals surface area (Å²) in [6.07, 6.45) is 0. The number of hydrogen-bond acceptors (Lipinski definition) is 3. The lowest BCUT2D eigenvalue weighted by Gasteiger charge is -2.21. The maximum Gasteiger partial charge on any atom is 0.161 e. The van der Waals surface area contributed by atoms with E-state index in [2.05, 4.69) is 71.2 Å². The van der Waals surface area contributed by atoms with Crippen LogP contribution in [0.3, 0.4) is 0 Å². The first-order valence-corrected chi connectivity index (χ1v) is 7.72. The summed E-state index contributed by atoms with van der Waals surface area (Å²) in [6, 6.07) is 14.7. The second kappa shape index (κ2) is 5.91. The van der Waals surface area contributed by atoms with Gasteiger partial charge in [0.05, 0.1) is 0 Å². The van der Waals surface area contributed by atoms with Gasteiger partial charge in [0.1, 0.15) is 13.2 Å². The van der Waals surface area contributed by atoms with Crippen molar-refractivity contribution in [2.75, 3.05) is 18.5 Å². The van der Waals surface area contributed by atoms with Crippen LogP contribution in [0.2, 0.25) is 0 Å². The zero-order valence-corrected chi connectivity index (χ0v) is 13.4. The molecule has 1 aliphatic heterocycles. The topological polar surface area (TPSA) is 30.5 Å². The molecule has 0 aromatic heterocycles. The van der Waals surface area contributed by atoms with Gasteiger partial charge in [0, 0.05) is 15.3 Å². The minimum atomic E-state index is 0.214. The van der Waals surface area contributed by atoms with Crippen LogP contribution in [0.5, 0.6) is 11.5 Å². The zero-order valence-electron chi connectivity index (χ0n) is 11.2. The molecule has 1 aliphatic rings. The Hall–Kier alpha value is -1.43. The molecule has 3 nitrogen and oxygen atoms in total. The van der Waals surface area contributed by atoms with Gasteiger partial charge in [-0.15, -0.1) is 0 Å². The molecule has 1 N–H and O–H groups in total. The molecule has 0 aliphatic carbocycles. The van der Waals surface area contributed by atoms with Crippen LogP contribution in [0.1, 0.15) is 18.5 Å². The van der Waals surface area contributed by atoms with E-state index in [1.807, 2.05) is 6.07 Å². The fraction of sp³-hybridized carbons (Fsp3) is 0.250. The highest BCUT2D eigenvalue weighted by Gasteiger charge is 2.14. The smallest absolute Gasteiger partial charge is 0.161 e. The van der Waals surface area contributed by atoms with E-state index in [1.165, 1.54) is 9.13 Å². The van der Waals surface area contributed by atoms with E-state index in [1.54, 1.807) is 0 Å². The van der Waals surface area contributed by atoms with Crippen molar-refractivity contribution in [2.24, 2.45) is 0 Å². The minimum Gasteiger partial charge on any atom is -0.486 e. The van der Waals surface area contributed by atoms with Crippen LogP contribution >= 0.6 is 22.6 Å². The Bertz CT molecular complexity index is 598. The molecule has 1 heterocycles. The van der Waals surface area contributed by atoms with Crippen molar-refractivity contribution in [3.8, 4) is 11.5 Å². The molecule has 104 valence electrons. The Morgan fingerprint density at radius 1 is 1.00 bits per heavy atom. The lowest BCUT2D eigenvalue weighted by atomic mass is 10.1. The molecule has 20 heavy (non-hydrogen) atoms. The van der Waals surface area contributed by atoms with Crippen molar-refractivity contribution in [1.29, 1.82) is 0 Å². The van der Waals surface area contributed by atoms with Crippen LogP contribution in [0.4, 0.5) is 5.69 Å². The molecule has 0 spiro atoms. The van der Waals surface area contributed by atoms with Crippen molar-refractivity contribution in [2.45, 2.75) is 13.0 Å². The molecule has 3 rings (SSSR count). The summed E-state index contributed by atoms with van der Waals surface area (Å²) in [7, 11) is 0. The van der Waals surface area contributed by atoms with Gasteiger partial charge in [0.15, 0.2) is 11.5 Å². The second-order valence-electron chi connectivity index (χ2n) is 4.78. The van der Waals surface area contributed by atoms with Crippen molar-refractivity contribution >= 4 is 28.3 Å². The van der Waals surface area contributed by atoms with Gasteiger partial charge in [-0.05, 0) is 71.5 Å². The van der Waals surface area contributed by atoms with E-state index in [0.717, 1.165) is 17.2 Å². The van der Waals surface area contributed by atoms with Crippen LogP contribution < -0.4 is 14.8 Å². The van der Waals surface area contributed by atoms with Gasteiger partial charge in [-0.2, -0.15) is 0 Å². The molecule has 0 saturated heterocycles. The summed E-state index contributed by atoms with van der Waals surface area (Å²) in [5, 5.41) is 3.49. The van der Waals surface area contributed by atoms with E-state index < -0.39 is 0 Å². The first-order valence-electron chi connectivity index (χ1n) is 6.64. The summed E-state index contributed by atoms with van der Waals surface area (Å²) < 4.78 is 12.4. The molecule has 1 atom stereocenters. The Morgan fingerprint density at radius 2 is 1.70 bits per heavy atom. The Balaban J connectivity index is 1.76. The van der Waals surface area contributed by atoms with E-state index in [9.17, 15) is 0 Å². The van der Waals surface area contributed by atoms with Crippen LogP contribution in [-0.2, 0) is 0 Å². The maximum atomic E-state index is 5.63. The molecule has 2 aromatic carbocycles. The highest BCUT2D eigenvalue weighted by molar-refractivity contribution is 14.1. The number of fused-ring (bicyclic) bond motifs is 1. The Labute approximate surface area is 132 Å². The standard InChI is InChI=1S/C16H16INO2/c1-11(18-14-5-3-13(17)4-6-14)12-2-7-15-16(10-12)20-9-8-19-15/h2-7,10-11,18H,8-9H2,1H3. The molecule has 0 bridgehead atoms. The highest BCUT2D eigenvalue weighted by Crippen LogP contribution is 2.33. The van der Waals surface area contributed by atoms with Crippen LogP contribution in [0.15, 0.2) is 42.5 Å². The number of rotatable bonds is 3. The third-order valence-electron chi connectivity index (χ3n) is 3.29. The number of nitrogens with one attached hydrogen (secondary N) is 1. The predicted octanol–water partition coefficient (Wildman–Crippen LogP) is 4.24. The fourth-order valence-corrected chi connectivity index (χ4v) is 2.57. The van der Waals surface area contributed by atoms with E-state index in [-0.39, 0.29) is 6.04 Å². The molecule has 0 radical (unpaired) electrons. The van der Waals surface area contributed by atoms with Crippen molar-refractivity contribution in [1.82, 2.24) is 0 Å². The van der Waals surface area contributed by atoms with Gasteiger partial charge in [0.25, 0.3) is 0 Å².